The molecule has 0 fully saturated rings. The third kappa shape index (κ3) is 5.87. The summed E-state index contributed by atoms with van der Waals surface area (Å²) in [5.74, 6) is 1.42. The molecule has 0 aliphatic rings. The summed E-state index contributed by atoms with van der Waals surface area (Å²) in [6.45, 7) is 12.9. The first-order chi connectivity index (χ1) is 4.04. The van der Waals surface area contributed by atoms with Gasteiger partial charge in [0.1, 0.15) is 0 Å². The van der Waals surface area contributed by atoms with Gasteiger partial charge in [-0.25, -0.2) is 0 Å². The highest BCUT2D eigenvalue weighted by Crippen LogP contribution is 2.15. The average molecular weight is 142 g/mol. The highest BCUT2D eigenvalue weighted by Gasteiger charge is 2.01. The molecule has 0 amide bonds. The Morgan fingerprint density at radius 3 is 1.70 bits per heavy atom. The molecule has 0 aliphatic heterocycles. The van der Waals surface area contributed by atoms with E-state index in [1.54, 1.807) is 0 Å². The maximum absolute atomic E-state index is 3.99. The minimum Gasteiger partial charge on any atom is -0.0996 e. The standard InChI is InChI=1S/C9H18.CH4/c1-7(2)6-9(5)8(3)4;/h7-8H,5-6H2,1-4H3;1H4. The van der Waals surface area contributed by atoms with E-state index in [0.717, 1.165) is 5.92 Å². The molecule has 0 aromatic rings. The zero-order chi connectivity index (χ0) is 7.44. The minimum absolute atomic E-state index is 0. The molecule has 10 heavy (non-hydrogen) atoms. The van der Waals surface area contributed by atoms with Crippen LogP contribution in [0.3, 0.4) is 0 Å². The summed E-state index contributed by atoms with van der Waals surface area (Å²) in [7, 11) is 0. The van der Waals surface area contributed by atoms with Crippen molar-refractivity contribution < 1.29 is 0 Å². The van der Waals surface area contributed by atoms with E-state index in [2.05, 4.69) is 34.3 Å². The Morgan fingerprint density at radius 1 is 1.20 bits per heavy atom. The molecule has 0 atom stereocenters. The second-order valence-corrected chi connectivity index (χ2v) is 3.41. The van der Waals surface area contributed by atoms with Crippen LogP contribution in [0.25, 0.3) is 0 Å². The van der Waals surface area contributed by atoms with Crippen molar-refractivity contribution in [3.8, 4) is 0 Å². The van der Waals surface area contributed by atoms with Crippen molar-refractivity contribution in [3.63, 3.8) is 0 Å². The third-order valence-electron chi connectivity index (χ3n) is 1.49. The second-order valence-electron chi connectivity index (χ2n) is 3.41. The maximum Gasteiger partial charge on any atom is -0.0263 e. The lowest BCUT2D eigenvalue weighted by Crippen LogP contribution is -1.96. The van der Waals surface area contributed by atoms with Crippen molar-refractivity contribution in [1.82, 2.24) is 0 Å². The van der Waals surface area contributed by atoms with Gasteiger partial charge in [0, 0.05) is 0 Å². The Balaban J connectivity index is 0. The van der Waals surface area contributed by atoms with E-state index in [9.17, 15) is 0 Å². The van der Waals surface area contributed by atoms with Gasteiger partial charge in [-0.2, -0.15) is 0 Å². The smallest absolute Gasteiger partial charge is 0.0263 e. The van der Waals surface area contributed by atoms with Crippen molar-refractivity contribution in [3.05, 3.63) is 12.2 Å². The highest BCUT2D eigenvalue weighted by atomic mass is 14.1. The van der Waals surface area contributed by atoms with E-state index in [-0.39, 0.29) is 7.43 Å². The second kappa shape index (κ2) is 5.52. The van der Waals surface area contributed by atoms with E-state index >= 15 is 0 Å². The quantitative estimate of drug-likeness (QED) is 0.524. The van der Waals surface area contributed by atoms with Gasteiger partial charge >= 0.3 is 0 Å². The molecule has 62 valence electrons. The van der Waals surface area contributed by atoms with Gasteiger partial charge in [0.25, 0.3) is 0 Å². The molecule has 0 saturated heterocycles. The van der Waals surface area contributed by atoms with Gasteiger partial charge in [-0.1, -0.05) is 47.3 Å². The molecule has 0 spiro atoms. The normalized spacial score (nSPS) is 9.80. The Labute approximate surface area is 66.3 Å². The monoisotopic (exact) mass is 142 g/mol. The number of rotatable bonds is 3. The van der Waals surface area contributed by atoms with Crippen LogP contribution < -0.4 is 0 Å². The Hall–Kier alpha value is -0.260. The van der Waals surface area contributed by atoms with Gasteiger partial charge < -0.3 is 0 Å². The van der Waals surface area contributed by atoms with Crippen LogP contribution in [0, 0.1) is 11.8 Å². The van der Waals surface area contributed by atoms with Crippen LogP contribution in [-0.2, 0) is 0 Å². The van der Waals surface area contributed by atoms with Crippen LogP contribution in [0.5, 0.6) is 0 Å². The van der Waals surface area contributed by atoms with Gasteiger partial charge in [0.2, 0.25) is 0 Å². The summed E-state index contributed by atoms with van der Waals surface area (Å²) in [5.41, 5.74) is 1.38. The average Bonchev–Trinajstić information content (AvgIpc) is 1.63. The minimum atomic E-state index is 0. The van der Waals surface area contributed by atoms with Gasteiger partial charge in [-0.15, -0.1) is 0 Å². The predicted molar refractivity (Wildman–Crippen MR) is 50.2 cm³/mol. The van der Waals surface area contributed by atoms with Crippen LogP contribution in [0.1, 0.15) is 41.5 Å². The lowest BCUT2D eigenvalue weighted by atomic mass is 9.96. The molecule has 0 unspecified atom stereocenters. The zero-order valence-electron chi connectivity index (χ0n) is 7.07. The summed E-state index contributed by atoms with van der Waals surface area (Å²) in [4.78, 5) is 0. The summed E-state index contributed by atoms with van der Waals surface area (Å²) < 4.78 is 0. The molecule has 0 N–H and O–H groups in total. The van der Waals surface area contributed by atoms with Crippen molar-refractivity contribution in [2.45, 2.75) is 41.5 Å². The first kappa shape index (κ1) is 12.4. The van der Waals surface area contributed by atoms with Crippen LogP contribution in [0.2, 0.25) is 0 Å². The molecule has 0 aliphatic carbocycles. The van der Waals surface area contributed by atoms with Crippen LogP contribution in [0.4, 0.5) is 0 Å². The molecule has 0 heterocycles. The molecule has 0 radical (unpaired) electrons. The summed E-state index contributed by atoms with van der Waals surface area (Å²) in [6, 6.07) is 0. The molecule has 0 aromatic heterocycles. The summed E-state index contributed by atoms with van der Waals surface area (Å²) in [6.07, 6.45) is 1.18. The van der Waals surface area contributed by atoms with Crippen LogP contribution in [0.15, 0.2) is 12.2 Å². The van der Waals surface area contributed by atoms with E-state index < -0.39 is 0 Å². The Kier molecular flexibility index (Phi) is 6.85. The molecular weight excluding hydrogens is 120 g/mol. The molecule has 0 bridgehead atoms. The molecule has 0 nitrogen and oxygen atoms in total. The van der Waals surface area contributed by atoms with Crippen molar-refractivity contribution in [2.75, 3.05) is 0 Å². The Bertz CT molecular complexity index is 88.2. The lowest BCUT2D eigenvalue weighted by Gasteiger charge is -2.10. The predicted octanol–water partition coefficient (Wildman–Crippen LogP) is 3.88. The maximum atomic E-state index is 3.99. The van der Waals surface area contributed by atoms with Crippen molar-refractivity contribution in [1.29, 1.82) is 0 Å². The van der Waals surface area contributed by atoms with Crippen molar-refractivity contribution in [2.24, 2.45) is 11.8 Å². The SMILES string of the molecule is C.C=C(CC(C)C)C(C)C. The fourth-order valence-corrected chi connectivity index (χ4v) is 0.760. The Morgan fingerprint density at radius 2 is 1.60 bits per heavy atom. The van der Waals surface area contributed by atoms with E-state index in [1.807, 2.05) is 0 Å². The van der Waals surface area contributed by atoms with Gasteiger partial charge in [0.05, 0.1) is 0 Å². The van der Waals surface area contributed by atoms with Gasteiger partial charge in [0.15, 0.2) is 0 Å². The molecule has 0 saturated carbocycles. The molecule has 0 rings (SSSR count). The zero-order valence-corrected chi connectivity index (χ0v) is 7.07. The van der Waals surface area contributed by atoms with Crippen molar-refractivity contribution >= 4 is 0 Å². The first-order valence-corrected chi connectivity index (χ1v) is 3.71. The number of allylic oxidation sites excluding steroid dienone is 1. The van der Waals surface area contributed by atoms with Gasteiger partial charge in [-0.05, 0) is 18.3 Å². The fraction of sp³-hybridized carbons (Fsp3) is 0.800. The molecular formula is C10H22. The third-order valence-corrected chi connectivity index (χ3v) is 1.49. The van der Waals surface area contributed by atoms with E-state index in [1.165, 1.54) is 12.0 Å². The molecule has 0 heteroatoms. The summed E-state index contributed by atoms with van der Waals surface area (Å²) in [5, 5.41) is 0. The van der Waals surface area contributed by atoms with E-state index in [0.29, 0.717) is 5.92 Å². The van der Waals surface area contributed by atoms with Crippen LogP contribution >= 0.6 is 0 Å². The first-order valence-electron chi connectivity index (χ1n) is 3.71. The topological polar surface area (TPSA) is 0 Å². The van der Waals surface area contributed by atoms with E-state index in [4.69, 9.17) is 0 Å². The fourth-order valence-electron chi connectivity index (χ4n) is 0.760. The highest BCUT2D eigenvalue weighted by molar-refractivity contribution is 4.97. The number of hydrogen-bond donors (Lipinski definition) is 0. The largest absolute Gasteiger partial charge is 0.0996 e. The number of hydrogen-bond acceptors (Lipinski definition) is 0. The molecule has 0 aromatic carbocycles. The van der Waals surface area contributed by atoms with Crippen LogP contribution in [-0.4, -0.2) is 0 Å². The lowest BCUT2D eigenvalue weighted by molar-refractivity contribution is 0.589. The van der Waals surface area contributed by atoms with Gasteiger partial charge in [-0.3, -0.25) is 0 Å². The summed E-state index contributed by atoms with van der Waals surface area (Å²) >= 11 is 0.